The van der Waals surface area contributed by atoms with E-state index in [-0.39, 0.29) is 17.9 Å². The summed E-state index contributed by atoms with van der Waals surface area (Å²) in [5.41, 5.74) is 0. The first-order valence-corrected chi connectivity index (χ1v) is 9.97. The van der Waals surface area contributed by atoms with Crippen molar-refractivity contribution < 1.29 is 9.59 Å². The fourth-order valence-corrected chi connectivity index (χ4v) is 4.28. The molecule has 0 spiro atoms. The van der Waals surface area contributed by atoms with Gasteiger partial charge < -0.3 is 10.2 Å². The van der Waals surface area contributed by atoms with E-state index in [1.54, 1.807) is 0 Å². The second-order valence-electron chi connectivity index (χ2n) is 8.52. The Balaban J connectivity index is 1.43. The molecule has 1 N–H and O–H groups in total. The van der Waals surface area contributed by atoms with Gasteiger partial charge in [-0.2, -0.15) is 0 Å². The molecule has 2 aliphatic heterocycles. The highest BCUT2D eigenvalue weighted by Crippen LogP contribution is 2.22. The Bertz CT molecular complexity index is 476. The molecule has 0 aromatic heterocycles. The van der Waals surface area contributed by atoms with Gasteiger partial charge in [-0.05, 0) is 38.0 Å². The first kappa shape index (κ1) is 18.6. The van der Waals surface area contributed by atoms with Crippen molar-refractivity contribution in [3.05, 3.63) is 0 Å². The van der Waals surface area contributed by atoms with Crippen LogP contribution in [-0.2, 0) is 9.59 Å². The number of amides is 2. The minimum absolute atomic E-state index is 0.0556. The van der Waals surface area contributed by atoms with Crippen molar-refractivity contribution in [1.29, 1.82) is 0 Å². The topological polar surface area (TPSA) is 55.9 Å². The quantitative estimate of drug-likeness (QED) is 0.796. The number of likely N-dealkylation sites (tertiary alicyclic amines) is 1. The number of hydrogen-bond acceptors (Lipinski definition) is 4. The van der Waals surface area contributed by atoms with Crippen molar-refractivity contribution in [3.63, 3.8) is 0 Å². The number of nitrogens with zero attached hydrogens (tertiary/aromatic N) is 3. The zero-order chi connectivity index (χ0) is 18.0. The summed E-state index contributed by atoms with van der Waals surface area (Å²) in [5, 5.41) is 3.05. The smallest absolute Gasteiger partial charge is 0.239 e. The highest BCUT2D eigenvalue weighted by Gasteiger charge is 2.32. The van der Waals surface area contributed by atoms with Gasteiger partial charge in [0.2, 0.25) is 11.8 Å². The standard InChI is InChI=1S/C19H34N4O2/c1-14-10-15(2)12-23(11-14)19(25)16(3)22-8-6-21(7-9-22)13-18(24)20-17-4-5-17/h14-17H,4-13H2,1-3H3,(H,20,24)/t14-,15-,16+/m1/s1. The zero-order valence-electron chi connectivity index (χ0n) is 16.0. The fraction of sp³-hybridized carbons (Fsp3) is 0.895. The normalized spacial score (nSPS) is 30.1. The number of piperidine rings is 1. The van der Waals surface area contributed by atoms with Gasteiger partial charge in [0.15, 0.2) is 0 Å². The van der Waals surface area contributed by atoms with Crippen LogP contribution >= 0.6 is 0 Å². The lowest BCUT2D eigenvalue weighted by atomic mass is 9.91. The Morgan fingerprint density at radius 1 is 1.04 bits per heavy atom. The number of carbonyl (C=O) groups excluding carboxylic acids is 2. The summed E-state index contributed by atoms with van der Waals surface area (Å²) in [7, 11) is 0. The molecule has 1 aliphatic carbocycles. The van der Waals surface area contributed by atoms with Gasteiger partial charge in [-0.15, -0.1) is 0 Å². The lowest BCUT2D eigenvalue weighted by Crippen LogP contribution is -2.57. The van der Waals surface area contributed by atoms with E-state index in [9.17, 15) is 9.59 Å². The van der Waals surface area contributed by atoms with Gasteiger partial charge in [0, 0.05) is 45.3 Å². The van der Waals surface area contributed by atoms with E-state index >= 15 is 0 Å². The molecule has 0 radical (unpaired) electrons. The maximum absolute atomic E-state index is 12.9. The predicted octanol–water partition coefficient (Wildman–Crippen LogP) is 0.776. The maximum Gasteiger partial charge on any atom is 0.239 e. The van der Waals surface area contributed by atoms with Crippen molar-refractivity contribution in [2.75, 3.05) is 45.8 Å². The van der Waals surface area contributed by atoms with Crippen molar-refractivity contribution in [3.8, 4) is 0 Å². The summed E-state index contributed by atoms with van der Waals surface area (Å²) in [6, 6.07) is 0.376. The van der Waals surface area contributed by atoms with E-state index < -0.39 is 0 Å². The molecule has 0 unspecified atom stereocenters. The minimum Gasteiger partial charge on any atom is -0.352 e. The van der Waals surface area contributed by atoms with E-state index in [0.29, 0.717) is 24.4 Å². The largest absolute Gasteiger partial charge is 0.352 e. The van der Waals surface area contributed by atoms with E-state index in [2.05, 4.69) is 33.9 Å². The average Bonchev–Trinajstić information content (AvgIpc) is 3.37. The molecule has 25 heavy (non-hydrogen) atoms. The van der Waals surface area contributed by atoms with Crippen LogP contribution in [0.1, 0.15) is 40.0 Å². The molecule has 3 atom stereocenters. The lowest BCUT2D eigenvalue weighted by molar-refractivity contribution is -0.140. The molecular formula is C19H34N4O2. The van der Waals surface area contributed by atoms with E-state index in [4.69, 9.17) is 0 Å². The van der Waals surface area contributed by atoms with Crippen LogP contribution in [0.4, 0.5) is 0 Å². The van der Waals surface area contributed by atoms with E-state index in [0.717, 1.165) is 52.1 Å². The number of piperazine rings is 1. The molecule has 142 valence electrons. The molecule has 1 saturated carbocycles. The highest BCUT2D eigenvalue weighted by molar-refractivity contribution is 5.81. The molecule has 2 amide bonds. The molecule has 6 nitrogen and oxygen atoms in total. The van der Waals surface area contributed by atoms with Crippen molar-refractivity contribution >= 4 is 11.8 Å². The lowest BCUT2D eigenvalue weighted by Gasteiger charge is -2.41. The Hall–Kier alpha value is -1.14. The van der Waals surface area contributed by atoms with E-state index in [1.807, 2.05) is 6.92 Å². The van der Waals surface area contributed by atoms with Gasteiger partial charge in [0.05, 0.1) is 12.6 Å². The third-order valence-corrected chi connectivity index (χ3v) is 5.80. The summed E-state index contributed by atoms with van der Waals surface area (Å²) in [4.78, 5) is 31.4. The van der Waals surface area contributed by atoms with Crippen LogP contribution in [0.3, 0.4) is 0 Å². The number of hydrogen-bond donors (Lipinski definition) is 1. The Kier molecular flexibility index (Phi) is 6.00. The molecule has 6 heteroatoms. The first-order valence-electron chi connectivity index (χ1n) is 9.97. The van der Waals surface area contributed by atoms with Crippen LogP contribution in [0, 0.1) is 11.8 Å². The molecule has 3 rings (SSSR count). The number of rotatable bonds is 5. The molecule has 0 bridgehead atoms. The molecule has 2 saturated heterocycles. The zero-order valence-corrected chi connectivity index (χ0v) is 16.0. The molecule has 0 aromatic carbocycles. The molecule has 3 aliphatic rings. The number of nitrogens with one attached hydrogen (secondary N) is 1. The summed E-state index contributed by atoms with van der Waals surface area (Å²) >= 11 is 0. The van der Waals surface area contributed by atoms with Gasteiger partial charge in [-0.1, -0.05) is 13.8 Å². The van der Waals surface area contributed by atoms with Crippen molar-refractivity contribution in [2.24, 2.45) is 11.8 Å². The molecule has 2 heterocycles. The maximum atomic E-state index is 12.9. The van der Waals surface area contributed by atoms with E-state index in [1.165, 1.54) is 6.42 Å². The third kappa shape index (κ3) is 5.17. The van der Waals surface area contributed by atoms with Crippen LogP contribution in [0.2, 0.25) is 0 Å². The highest BCUT2D eigenvalue weighted by atomic mass is 16.2. The van der Waals surface area contributed by atoms with Crippen LogP contribution in [0.15, 0.2) is 0 Å². The number of carbonyl (C=O) groups is 2. The van der Waals surface area contributed by atoms with Crippen molar-refractivity contribution in [2.45, 2.75) is 52.1 Å². The summed E-state index contributed by atoms with van der Waals surface area (Å²) in [6.07, 6.45) is 3.49. The van der Waals surface area contributed by atoms with Gasteiger partial charge in [0.25, 0.3) is 0 Å². The first-order chi connectivity index (χ1) is 11.9. The van der Waals surface area contributed by atoms with Gasteiger partial charge in [0.1, 0.15) is 0 Å². The SMILES string of the molecule is C[C@@H]1C[C@@H](C)CN(C(=O)[C@H](C)N2CCN(CC(=O)NC3CC3)CC2)C1. The average molecular weight is 351 g/mol. The summed E-state index contributed by atoms with van der Waals surface area (Å²) < 4.78 is 0. The molecular weight excluding hydrogens is 316 g/mol. The van der Waals surface area contributed by atoms with Crippen LogP contribution in [-0.4, -0.2) is 84.4 Å². The van der Waals surface area contributed by atoms with Crippen LogP contribution in [0.5, 0.6) is 0 Å². The second-order valence-corrected chi connectivity index (χ2v) is 8.52. The fourth-order valence-electron chi connectivity index (χ4n) is 4.28. The molecule has 3 fully saturated rings. The van der Waals surface area contributed by atoms with Gasteiger partial charge >= 0.3 is 0 Å². The monoisotopic (exact) mass is 350 g/mol. The predicted molar refractivity (Wildman–Crippen MR) is 98.2 cm³/mol. The van der Waals surface area contributed by atoms with Crippen LogP contribution < -0.4 is 5.32 Å². The van der Waals surface area contributed by atoms with Gasteiger partial charge in [-0.3, -0.25) is 19.4 Å². The minimum atomic E-state index is -0.0556. The Morgan fingerprint density at radius 3 is 2.20 bits per heavy atom. The van der Waals surface area contributed by atoms with Crippen LogP contribution in [0.25, 0.3) is 0 Å². The Labute approximate surface area is 151 Å². The second kappa shape index (κ2) is 8.04. The van der Waals surface area contributed by atoms with Gasteiger partial charge in [-0.25, -0.2) is 0 Å². The summed E-state index contributed by atoms with van der Waals surface area (Å²) in [6.45, 7) is 12.3. The third-order valence-electron chi connectivity index (χ3n) is 5.80. The Morgan fingerprint density at radius 2 is 1.64 bits per heavy atom. The molecule has 0 aromatic rings. The summed E-state index contributed by atoms with van der Waals surface area (Å²) in [5.74, 6) is 1.62. The van der Waals surface area contributed by atoms with Crippen molar-refractivity contribution in [1.82, 2.24) is 20.0 Å².